The molecule has 3 rings (SSSR count). The maximum Gasteiger partial charge on any atom is 0.434 e. The molecule has 2 aliphatic rings. The van der Waals surface area contributed by atoms with E-state index in [1.807, 2.05) is 0 Å². The summed E-state index contributed by atoms with van der Waals surface area (Å²) in [6.45, 7) is 0.361. The molecule has 0 saturated carbocycles. The van der Waals surface area contributed by atoms with E-state index in [0.29, 0.717) is 0 Å². The Kier molecular flexibility index (Phi) is 3.98. The molecule has 0 aromatic carbocycles. The molecule has 1 N–H and O–H groups in total. The minimum absolute atomic E-state index is 0.0529. The first kappa shape index (κ1) is 16.7. The van der Waals surface area contributed by atoms with E-state index in [4.69, 9.17) is 4.74 Å². The number of pyridine rings is 1. The number of hydrogen-bond donors (Lipinski definition) is 1. The van der Waals surface area contributed by atoms with E-state index in [1.54, 1.807) is 0 Å². The van der Waals surface area contributed by atoms with Gasteiger partial charge in [-0.1, -0.05) is 0 Å². The Labute approximate surface area is 135 Å². The Morgan fingerprint density at radius 2 is 2.17 bits per heavy atom. The predicted molar refractivity (Wildman–Crippen MR) is 74.1 cm³/mol. The van der Waals surface area contributed by atoms with Gasteiger partial charge in [0.25, 0.3) is 5.91 Å². The van der Waals surface area contributed by atoms with Crippen molar-refractivity contribution in [2.75, 3.05) is 26.3 Å². The summed E-state index contributed by atoms with van der Waals surface area (Å²) in [4.78, 5) is 28.7. The van der Waals surface area contributed by atoms with Gasteiger partial charge in [-0.2, -0.15) is 13.2 Å². The molecule has 1 amide bonds. The molecule has 1 aromatic heterocycles. The molecule has 0 aliphatic carbocycles. The van der Waals surface area contributed by atoms with Gasteiger partial charge in [0.05, 0.1) is 17.6 Å². The van der Waals surface area contributed by atoms with Gasteiger partial charge in [0.15, 0.2) is 5.69 Å². The number of hydrogen-bond acceptors (Lipinski definition) is 4. The number of carboxylic acid groups (broad SMARTS) is 1. The number of rotatable bonds is 2. The third-order valence-electron chi connectivity index (χ3n) is 4.73. The van der Waals surface area contributed by atoms with Crippen molar-refractivity contribution in [2.24, 2.45) is 11.3 Å². The van der Waals surface area contributed by atoms with Crippen molar-refractivity contribution >= 4 is 11.9 Å². The monoisotopic (exact) mass is 344 g/mol. The van der Waals surface area contributed by atoms with Crippen molar-refractivity contribution in [3.05, 3.63) is 29.6 Å². The summed E-state index contributed by atoms with van der Waals surface area (Å²) in [5, 5.41) is 9.57. The number of ether oxygens (including phenoxy) is 1. The van der Waals surface area contributed by atoms with Crippen LogP contribution in [0.25, 0.3) is 0 Å². The van der Waals surface area contributed by atoms with Gasteiger partial charge in [-0.05, 0) is 18.6 Å². The average molecular weight is 344 g/mol. The summed E-state index contributed by atoms with van der Waals surface area (Å²) in [5.41, 5.74) is -2.98. The molecule has 6 nitrogen and oxygen atoms in total. The van der Waals surface area contributed by atoms with Crippen LogP contribution < -0.4 is 0 Å². The lowest BCUT2D eigenvalue weighted by molar-refractivity contribution is -0.157. The van der Waals surface area contributed by atoms with Crippen LogP contribution in [-0.4, -0.2) is 53.2 Å². The van der Waals surface area contributed by atoms with Gasteiger partial charge < -0.3 is 14.7 Å². The number of carbonyl (C=O) groups excluding carboxylic acids is 1. The van der Waals surface area contributed by atoms with Crippen LogP contribution in [-0.2, 0) is 15.7 Å². The minimum atomic E-state index is -4.76. The number of carboxylic acids is 1. The third kappa shape index (κ3) is 2.62. The number of nitrogens with zero attached hydrogens (tertiary/aromatic N) is 2. The molecular formula is C15H15F3N2O4. The topological polar surface area (TPSA) is 79.7 Å². The molecule has 2 fully saturated rings. The molecule has 3 heterocycles. The molecule has 130 valence electrons. The number of alkyl halides is 3. The molecule has 0 bridgehead atoms. The van der Waals surface area contributed by atoms with Crippen molar-refractivity contribution in [3.8, 4) is 0 Å². The third-order valence-corrected chi connectivity index (χ3v) is 4.73. The number of carbonyl (C=O) groups is 2. The zero-order valence-electron chi connectivity index (χ0n) is 12.5. The summed E-state index contributed by atoms with van der Waals surface area (Å²) < 4.78 is 44.4. The lowest BCUT2D eigenvalue weighted by atomic mass is 9.74. The molecule has 1 aromatic rings. The first-order valence-electron chi connectivity index (χ1n) is 7.38. The number of halogens is 3. The van der Waals surface area contributed by atoms with Gasteiger partial charge in [-0.25, -0.2) is 0 Å². The van der Waals surface area contributed by atoms with Crippen molar-refractivity contribution in [3.63, 3.8) is 0 Å². The lowest BCUT2D eigenvalue weighted by Crippen LogP contribution is -2.45. The smallest absolute Gasteiger partial charge is 0.434 e. The van der Waals surface area contributed by atoms with Crippen LogP contribution in [0, 0.1) is 11.3 Å². The molecule has 0 radical (unpaired) electrons. The second-order valence-corrected chi connectivity index (χ2v) is 6.07. The highest BCUT2D eigenvalue weighted by atomic mass is 19.4. The van der Waals surface area contributed by atoms with Gasteiger partial charge in [0.2, 0.25) is 0 Å². The molecular weight excluding hydrogens is 329 g/mol. The minimum Gasteiger partial charge on any atom is -0.481 e. The lowest BCUT2D eigenvalue weighted by Gasteiger charge is -2.33. The molecule has 2 saturated heterocycles. The molecule has 24 heavy (non-hydrogen) atoms. The van der Waals surface area contributed by atoms with Crippen molar-refractivity contribution < 1.29 is 32.6 Å². The number of aliphatic carboxylic acids is 1. The highest BCUT2D eigenvalue weighted by molar-refractivity contribution is 5.96. The largest absolute Gasteiger partial charge is 0.481 e. The van der Waals surface area contributed by atoms with E-state index in [-0.39, 0.29) is 32.7 Å². The fourth-order valence-electron chi connectivity index (χ4n) is 3.43. The number of aromatic nitrogens is 1. The van der Waals surface area contributed by atoms with Crippen LogP contribution >= 0.6 is 0 Å². The summed E-state index contributed by atoms with van der Waals surface area (Å²) in [6, 6.07) is 2.31. The van der Waals surface area contributed by atoms with Crippen LogP contribution in [0.15, 0.2) is 18.3 Å². The van der Waals surface area contributed by atoms with Gasteiger partial charge >= 0.3 is 12.1 Å². The fraction of sp³-hybridized carbons (Fsp3) is 0.533. The van der Waals surface area contributed by atoms with E-state index >= 15 is 0 Å². The van der Waals surface area contributed by atoms with Gasteiger partial charge in [-0.3, -0.25) is 14.6 Å². The zero-order valence-corrected chi connectivity index (χ0v) is 12.5. The first-order valence-corrected chi connectivity index (χ1v) is 7.38. The summed E-state index contributed by atoms with van der Waals surface area (Å²) in [7, 11) is 0. The Hall–Kier alpha value is -2.16. The number of likely N-dealkylation sites (tertiary alicyclic amines) is 1. The highest BCUT2D eigenvalue weighted by Crippen LogP contribution is 2.43. The second kappa shape index (κ2) is 5.73. The summed E-state index contributed by atoms with van der Waals surface area (Å²) in [5.74, 6) is -2.34. The molecule has 2 aliphatic heterocycles. The van der Waals surface area contributed by atoms with E-state index < -0.39 is 40.6 Å². The van der Waals surface area contributed by atoms with Crippen LogP contribution in [0.2, 0.25) is 0 Å². The molecule has 2 atom stereocenters. The fourth-order valence-corrected chi connectivity index (χ4v) is 3.43. The van der Waals surface area contributed by atoms with Crippen LogP contribution in [0.1, 0.15) is 22.5 Å². The second-order valence-electron chi connectivity index (χ2n) is 6.07. The Morgan fingerprint density at radius 1 is 1.42 bits per heavy atom. The van der Waals surface area contributed by atoms with E-state index in [2.05, 4.69) is 4.98 Å². The summed E-state index contributed by atoms with van der Waals surface area (Å²) in [6.07, 6.45) is -3.56. The maximum absolute atomic E-state index is 13.0. The van der Waals surface area contributed by atoms with E-state index in [0.717, 1.165) is 12.3 Å². The van der Waals surface area contributed by atoms with Crippen molar-refractivity contribution in [1.29, 1.82) is 0 Å². The quantitative estimate of drug-likeness (QED) is 0.883. The van der Waals surface area contributed by atoms with Gasteiger partial charge in [0, 0.05) is 31.8 Å². The normalized spacial score (nSPS) is 27.0. The Bertz CT molecular complexity index is 679. The Balaban J connectivity index is 1.92. The van der Waals surface area contributed by atoms with Gasteiger partial charge in [-0.15, -0.1) is 0 Å². The van der Waals surface area contributed by atoms with Crippen LogP contribution in [0.5, 0.6) is 0 Å². The SMILES string of the molecule is O=C(c1cccnc1C(F)(F)F)N1C[C@H]2COCC[C@@]2(C(=O)O)C1. The number of amides is 1. The predicted octanol–water partition coefficient (Wildman–Crippen LogP) is 1.66. The highest BCUT2D eigenvalue weighted by Gasteiger charge is 2.55. The standard InChI is InChI=1S/C15H15F3N2O4/c16-15(17,18)11-10(2-1-4-19-11)12(21)20-6-9-7-24-5-3-14(9,8-20)13(22)23/h1-2,4,9H,3,5-8H2,(H,22,23)/t9-,14+/m0/s1. The van der Waals surface area contributed by atoms with Crippen molar-refractivity contribution in [1.82, 2.24) is 9.88 Å². The first-order chi connectivity index (χ1) is 11.3. The average Bonchev–Trinajstić information content (AvgIpc) is 2.94. The molecule has 9 heteroatoms. The molecule has 0 unspecified atom stereocenters. The van der Waals surface area contributed by atoms with Crippen LogP contribution in [0.3, 0.4) is 0 Å². The zero-order chi connectivity index (χ0) is 17.5. The maximum atomic E-state index is 13.0. The summed E-state index contributed by atoms with van der Waals surface area (Å²) >= 11 is 0. The van der Waals surface area contributed by atoms with Crippen molar-refractivity contribution in [2.45, 2.75) is 12.6 Å². The number of fused-ring (bicyclic) bond motifs is 1. The van der Waals surface area contributed by atoms with E-state index in [1.165, 1.54) is 11.0 Å². The van der Waals surface area contributed by atoms with E-state index in [9.17, 15) is 27.9 Å². The molecule has 0 spiro atoms. The van der Waals surface area contributed by atoms with Crippen LogP contribution in [0.4, 0.5) is 13.2 Å². The Morgan fingerprint density at radius 3 is 2.79 bits per heavy atom. The van der Waals surface area contributed by atoms with Gasteiger partial charge in [0.1, 0.15) is 0 Å².